The predicted molar refractivity (Wildman–Crippen MR) is 77.3 cm³/mol. The largest absolute Gasteiger partial charge is 0.506 e. The first-order chi connectivity index (χ1) is 11.3. The van der Waals surface area contributed by atoms with E-state index in [1.165, 1.54) is 24.4 Å². The van der Waals surface area contributed by atoms with Gasteiger partial charge >= 0.3 is 5.97 Å². The number of Topliss-reactive ketones (excluding diaryl/α,β-unsaturated/α-hetero) is 1. The lowest BCUT2D eigenvalue weighted by atomic mass is 10.0. The van der Waals surface area contributed by atoms with Crippen LogP contribution < -0.4 is 0 Å². The number of nitriles is 1. The zero-order chi connectivity index (χ0) is 17.9. The summed E-state index contributed by atoms with van der Waals surface area (Å²) in [7, 11) is 0. The number of aliphatic carboxylic acids is 1. The Kier molecular flexibility index (Phi) is 3.70. The molecule has 0 saturated carbocycles. The molecule has 0 fully saturated rings. The molecule has 110 valence electrons. The number of carboxylic acids is 1. The highest BCUT2D eigenvalue weighted by molar-refractivity contribution is 5.98. The average Bonchev–Trinajstić information content (AvgIpc) is 2.54. The molecule has 0 unspecified atom stereocenters. The van der Waals surface area contributed by atoms with Crippen molar-refractivity contribution in [3.8, 4) is 22.9 Å². The van der Waals surface area contributed by atoms with Crippen molar-refractivity contribution in [3.05, 3.63) is 47.7 Å². The van der Waals surface area contributed by atoms with E-state index in [4.69, 9.17) is 13.1 Å². The van der Waals surface area contributed by atoms with Crippen LogP contribution in [0.2, 0.25) is 0 Å². The molecule has 0 radical (unpaired) electrons. The molecule has 1 aromatic heterocycles. The minimum Gasteiger partial charge on any atom is -0.506 e. The van der Waals surface area contributed by atoms with Gasteiger partial charge < -0.3 is 10.2 Å². The molecule has 0 aliphatic rings. The Morgan fingerprint density at radius 2 is 2.09 bits per heavy atom. The number of hydrogen-bond donors (Lipinski definition) is 2. The molecule has 0 amide bonds. The lowest BCUT2D eigenvalue weighted by Crippen LogP contribution is -2.06. The Balaban J connectivity index is 2.40. The number of rotatable bonds is 5. The summed E-state index contributed by atoms with van der Waals surface area (Å²) >= 11 is 0. The van der Waals surface area contributed by atoms with Gasteiger partial charge in [0.15, 0.2) is 5.78 Å². The molecule has 0 aliphatic carbocycles. The molecule has 1 heterocycles. The van der Waals surface area contributed by atoms with E-state index in [0.29, 0.717) is 0 Å². The highest BCUT2D eigenvalue weighted by atomic mass is 16.4. The van der Waals surface area contributed by atoms with Crippen LogP contribution in [-0.2, 0) is 4.79 Å². The molecule has 1 aromatic carbocycles. The van der Waals surface area contributed by atoms with Gasteiger partial charge in [-0.05, 0) is 23.8 Å². The van der Waals surface area contributed by atoms with Gasteiger partial charge in [-0.25, -0.2) is 4.98 Å². The lowest BCUT2D eigenvalue weighted by Gasteiger charge is -2.06. The van der Waals surface area contributed by atoms with Crippen molar-refractivity contribution >= 4 is 11.8 Å². The third-order valence-electron chi connectivity index (χ3n) is 2.87. The molecule has 0 bridgehead atoms. The zero-order valence-corrected chi connectivity index (χ0v) is 11.3. The lowest BCUT2D eigenvalue weighted by molar-refractivity contribution is -0.136. The van der Waals surface area contributed by atoms with Gasteiger partial charge in [0.1, 0.15) is 11.4 Å². The average molecular weight is 298 g/mol. The van der Waals surface area contributed by atoms with Crippen molar-refractivity contribution in [1.29, 1.82) is 5.26 Å². The number of aromatic nitrogens is 1. The summed E-state index contributed by atoms with van der Waals surface area (Å²) in [5.41, 5.74) is 0.436. The van der Waals surface area contributed by atoms with Crippen LogP contribution in [0.5, 0.6) is 5.75 Å². The highest BCUT2D eigenvalue weighted by Crippen LogP contribution is 2.26. The number of carbonyl (C=O) groups is 2. The van der Waals surface area contributed by atoms with Crippen molar-refractivity contribution in [2.75, 3.05) is 0 Å². The van der Waals surface area contributed by atoms with Crippen LogP contribution in [0.15, 0.2) is 36.5 Å². The number of aromatic hydroxyl groups is 1. The first-order valence-electron chi connectivity index (χ1n) is 7.29. The van der Waals surface area contributed by atoms with Gasteiger partial charge in [0.05, 0.1) is 20.8 Å². The second kappa shape index (κ2) is 6.50. The second-order valence-electron chi connectivity index (χ2n) is 4.45. The van der Waals surface area contributed by atoms with Crippen LogP contribution in [0.25, 0.3) is 11.1 Å². The third-order valence-corrected chi connectivity index (χ3v) is 2.87. The Morgan fingerprint density at radius 3 is 2.73 bits per heavy atom. The number of carbonyl (C=O) groups excluding carboxylic acids is 1. The van der Waals surface area contributed by atoms with Crippen LogP contribution in [-0.4, -0.2) is 26.9 Å². The van der Waals surface area contributed by atoms with Crippen molar-refractivity contribution < 1.29 is 22.5 Å². The van der Waals surface area contributed by atoms with E-state index >= 15 is 0 Å². The summed E-state index contributed by atoms with van der Waals surface area (Å²) < 4.78 is 15.6. The Labute approximate surface area is 129 Å². The molecule has 0 spiro atoms. The van der Waals surface area contributed by atoms with Gasteiger partial charge in [0.2, 0.25) is 0 Å². The first-order valence-corrected chi connectivity index (χ1v) is 6.29. The van der Waals surface area contributed by atoms with Gasteiger partial charge in [-0.2, -0.15) is 5.26 Å². The molecule has 6 nitrogen and oxygen atoms in total. The third kappa shape index (κ3) is 3.46. The molecule has 6 heteroatoms. The smallest absolute Gasteiger partial charge is 0.303 e. The zero-order valence-electron chi connectivity index (χ0n) is 13.3. The number of nitrogens with zero attached hydrogens (tertiary/aromatic N) is 2. The molecule has 2 N–H and O–H groups in total. The molecule has 0 atom stereocenters. The molecular weight excluding hydrogens is 284 g/mol. The van der Waals surface area contributed by atoms with Crippen molar-refractivity contribution in [3.63, 3.8) is 0 Å². The number of benzene rings is 1. The normalized spacial score (nSPS) is 11.2. The monoisotopic (exact) mass is 298 g/mol. The fraction of sp³-hybridized carbons (Fsp3) is 0.125. The van der Waals surface area contributed by atoms with Gasteiger partial charge in [-0.1, -0.05) is 12.1 Å². The van der Waals surface area contributed by atoms with E-state index in [1.807, 2.05) is 6.07 Å². The number of pyridine rings is 1. The molecule has 2 aromatic rings. The number of ketones is 1. The molecule has 2 rings (SSSR count). The van der Waals surface area contributed by atoms with E-state index in [1.54, 1.807) is 0 Å². The predicted octanol–water partition coefficient (Wildman–Crippen LogP) is 2.37. The maximum Gasteiger partial charge on any atom is 0.303 e. The fourth-order valence-corrected chi connectivity index (χ4v) is 1.80. The van der Waals surface area contributed by atoms with E-state index in [0.717, 1.165) is 0 Å². The maximum atomic E-state index is 11.8. The van der Waals surface area contributed by atoms with E-state index in [-0.39, 0.29) is 47.3 Å². The van der Waals surface area contributed by atoms with Crippen LogP contribution >= 0.6 is 0 Å². The summed E-state index contributed by atoms with van der Waals surface area (Å²) in [5.74, 6) is -2.19. The topological polar surface area (TPSA) is 111 Å². The molecule has 0 saturated heterocycles. The van der Waals surface area contributed by atoms with Crippen LogP contribution in [0.3, 0.4) is 0 Å². The number of carboxylic acid groups (broad SMARTS) is 1. The quantitative estimate of drug-likeness (QED) is 0.820. The van der Waals surface area contributed by atoms with Crippen LogP contribution in [0.1, 0.15) is 31.6 Å². The summed E-state index contributed by atoms with van der Waals surface area (Å²) in [6.45, 7) is 0. The van der Waals surface area contributed by atoms with Gasteiger partial charge in [-0.3, -0.25) is 9.59 Å². The fourth-order valence-electron chi connectivity index (χ4n) is 1.80. The minimum absolute atomic E-state index is 0.139. The Hall–Kier alpha value is -3.20. The van der Waals surface area contributed by atoms with E-state index in [9.17, 15) is 14.7 Å². The Bertz CT molecular complexity index is 875. The SMILES string of the molecule is [2H]c1cc(C#N)cc(-c2cnc(C(=O)CCC(=O)O)c(O)c2)c1[2H]. The van der Waals surface area contributed by atoms with Crippen molar-refractivity contribution in [1.82, 2.24) is 4.98 Å². The highest BCUT2D eigenvalue weighted by Gasteiger charge is 2.15. The molecule has 0 aliphatic heterocycles. The van der Waals surface area contributed by atoms with E-state index < -0.39 is 17.5 Å². The van der Waals surface area contributed by atoms with E-state index in [2.05, 4.69) is 4.98 Å². The standard InChI is InChI=1S/C16H12N2O4/c17-8-10-2-1-3-11(6-10)12-7-14(20)16(18-9-12)13(19)4-5-15(21)22/h1-3,6-7,9,20H,4-5H2,(H,21,22)/i1D,3D. The summed E-state index contributed by atoms with van der Waals surface area (Å²) in [6.07, 6.45) is 0.576. The first kappa shape index (κ1) is 12.5. The van der Waals surface area contributed by atoms with Crippen molar-refractivity contribution in [2.24, 2.45) is 0 Å². The number of hydrogen-bond acceptors (Lipinski definition) is 5. The van der Waals surface area contributed by atoms with Crippen LogP contribution in [0, 0.1) is 11.3 Å². The van der Waals surface area contributed by atoms with Gasteiger partial charge in [-0.15, -0.1) is 0 Å². The maximum absolute atomic E-state index is 11.8. The summed E-state index contributed by atoms with van der Waals surface area (Å²) in [5, 5.41) is 27.5. The van der Waals surface area contributed by atoms with Gasteiger partial charge in [0.25, 0.3) is 0 Å². The van der Waals surface area contributed by atoms with Gasteiger partial charge in [0, 0.05) is 18.2 Å². The summed E-state index contributed by atoms with van der Waals surface area (Å²) in [6, 6.07) is 5.44. The molecule has 22 heavy (non-hydrogen) atoms. The second-order valence-corrected chi connectivity index (χ2v) is 4.45. The summed E-state index contributed by atoms with van der Waals surface area (Å²) in [4.78, 5) is 26.2. The van der Waals surface area contributed by atoms with Crippen LogP contribution in [0.4, 0.5) is 0 Å². The Morgan fingerprint density at radius 1 is 1.32 bits per heavy atom. The van der Waals surface area contributed by atoms with Crippen molar-refractivity contribution in [2.45, 2.75) is 12.8 Å². The minimum atomic E-state index is -1.13. The molecular formula is C16H12N2O4.